The molecule has 0 bridgehead atoms. The average Bonchev–Trinajstić information content (AvgIpc) is 1.84. The number of primary amides is 1. The third kappa shape index (κ3) is 4.40. The van der Waals surface area contributed by atoms with Gasteiger partial charge in [-0.1, -0.05) is 0 Å². The topological polar surface area (TPSA) is 115 Å². The van der Waals surface area contributed by atoms with E-state index < -0.39 is 23.8 Å². The predicted molar refractivity (Wildman–Crippen MR) is 40.6 cm³/mol. The second kappa shape index (κ2) is 4.45. The fourth-order valence-electron chi connectivity index (χ4n) is 0.576. The molecule has 1 atom stereocenters. The summed E-state index contributed by atoms with van der Waals surface area (Å²) in [6.45, 7) is 1.18. The van der Waals surface area contributed by atoms with Crippen molar-refractivity contribution in [2.24, 2.45) is 11.5 Å². The summed E-state index contributed by atoms with van der Waals surface area (Å²) in [5.41, 5.74) is 9.98. The molecule has 0 aliphatic heterocycles. The molecule has 0 spiro atoms. The second-order valence-corrected chi connectivity index (χ2v) is 2.32. The van der Waals surface area contributed by atoms with Crippen molar-refractivity contribution in [3.05, 3.63) is 0 Å². The van der Waals surface area contributed by atoms with Gasteiger partial charge < -0.3 is 11.5 Å². The van der Waals surface area contributed by atoms with E-state index >= 15 is 0 Å². The first-order valence-electron chi connectivity index (χ1n) is 3.28. The highest BCUT2D eigenvalue weighted by Gasteiger charge is 2.16. The Bertz CT molecular complexity index is 214. The lowest BCUT2D eigenvalue weighted by atomic mass is 10.2. The highest BCUT2D eigenvalue weighted by Crippen LogP contribution is 1.86. The van der Waals surface area contributed by atoms with Crippen molar-refractivity contribution in [2.45, 2.75) is 19.4 Å². The summed E-state index contributed by atoms with van der Waals surface area (Å²) in [6, 6.07) is -1.05. The Kier molecular flexibility index (Phi) is 3.92. The summed E-state index contributed by atoms with van der Waals surface area (Å²) >= 11 is 0. The van der Waals surface area contributed by atoms with Crippen LogP contribution in [0.25, 0.3) is 0 Å². The van der Waals surface area contributed by atoms with Crippen molar-refractivity contribution in [1.82, 2.24) is 5.32 Å². The van der Waals surface area contributed by atoms with Gasteiger partial charge in [0.05, 0.1) is 12.5 Å². The fraction of sp³-hybridized carbons (Fsp3) is 0.500. The van der Waals surface area contributed by atoms with Crippen LogP contribution in [0, 0.1) is 0 Å². The number of hydrogen-bond acceptors (Lipinski definition) is 4. The van der Waals surface area contributed by atoms with Crippen LogP contribution in [-0.2, 0) is 14.4 Å². The summed E-state index contributed by atoms with van der Waals surface area (Å²) in [4.78, 5) is 31.4. The molecule has 0 aromatic carbocycles. The molecule has 6 heteroatoms. The quantitative estimate of drug-likeness (QED) is 0.451. The lowest BCUT2D eigenvalue weighted by molar-refractivity contribution is -0.131. The van der Waals surface area contributed by atoms with Gasteiger partial charge in [-0.15, -0.1) is 0 Å². The Labute approximate surface area is 69.3 Å². The van der Waals surface area contributed by atoms with E-state index in [1.54, 1.807) is 0 Å². The van der Waals surface area contributed by atoms with Crippen LogP contribution in [0.2, 0.25) is 0 Å². The van der Waals surface area contributed by atoms with Gasteiger partial charge >= 0.3 is 0 Å². The first-order chi connectivity index (χ1) is 5.43. The fourth-order valence-corrected chi connectivity index (χ4v) is 0.576. The lowest BCUT2D eigenvalue weighted by Crippen LogP contribution is -2.44. The Hall–Kier alpha value is -1.43. The Morgan fingerprint density at radius 1 is 1.42 bits per heavy atom. The van der Waals surface area contributed by atoms with Gasteiger partial charge in [-0.25, -0.2) is 0 Å². The molecule has 3 amide bonds. The minimum absolute atomic E-state index is 0.265. The number of carbonyl (C=O) groups excluding carboxylic acids is 3. The number of rotatable bonds is 3. The van der Waals surface area contributed by atoms with Gasteiger partial charge in [0.25, 0.3) is 0 Å². The van der Waals surface area contributed by atoms with E-state index in [9.17, 15) is 14.4 Å². The molecule has 5 N–H and O–H groups in total. The maximum absolute atomic E-state index is 10.8. The number of nitrogens with two attached hydrogens (primary N) is 2. The molecule has 0 aliphatic carbocycles. The highest BCUT2D eigenvalue weighted by molar-refractivity contribution is 5.98. The van der Waals surface area contributed by atoms with Gasteiger partial charge in [-0.05, 0) is 0 Å². The first-order valence-corrected chi connectivity index (χ1v) is 3.28. The summed E-state index contributed by atoms with van der Waals surface area (Å²) < 4.78 is 0. The number of hydrogen-bond donors (Lipinski definition) is 3. The van der Waals surface area contributed by atoms with Crippen LogP contribution >= 0.6 is 0 Å². The zero-order valence-corrected chi connectivity index (χ0v) is 6.66. The van der Waals surface area contributed by atoms with Gasteiger partial charge in [0.2, 0.25) is 17.7 Å². The SMILES string of the molecule is CC(=O)NC(=O)[C@@H](N)CC(N)=O. The van der Waals surface area contributed by atoms with Crippen LogP contribution in [0.3, 0.4) is 0 Å². The van der Waals surface area contributed by atoms with Crippen LogP contribution in [0.1, 0.15) is 13.3 Å². The van der Waals surface area contributed by atoms with Crippen LogP contribution in [0.5, 0.6) is 0 Å². The molecule has 0 aliphatic rings. The van der Waals surface area contributed by atoms with Gasteiger partial charge in [-0.3, -0.25) is 19.7 Å². The van der Waals surface area contributed by atoms with Crippen LogP contribution in [0.15, 0.2) is 0 Å². The second-order valence-electron chi connectivity index (χ2n) is 2.32. The molecule has 0 aromatic heterocycles. The molecule has 0 saturated heterocycles. The number of amides is 3. The maximum atomic E-state index is 10.8. The van der Waals surface area contributed by atoms with Crippen molar-refractivity contribution in [3.63, 3.8) is 0 Å². The molecule has 0 radical (unpaired) electrons. The molecule has 68 valence electrons. The van der Waals surface area contributed by atoms with E-state index in [0.29, 0.717) is 0 Å². The standard InChI is InChI=1S/C6H11N3O3/c1-3(10)9-6(12)4(7)2-5(8)11/h4H,2,7H2,1H3,(H2,8,11)(H,9,10,12)/t4-/m0/s1. The third-order valence-electron chi connectivity index (χ3n) is 1.06. The van der Waals surface area contributed by atoms with Crippen molar-refractivity contribution >= 4 is 17.7 Å². The van der Waals surface area contributed by atoms with Gasteiger partial charge in [0, 0.05) is 6.92 Å². The average molecular weight is 173 g/mol. The van der Waals surface area contributed by atoms with E-state index in [0.717, 1.165) is 0 Å². The van der Waals surface area contributed by atoms with Crippen LogP contribution < -0.4 is 16.8 Å². The normalized spacial score (nSPS) is 11.8. The molecule has 0 saturated carbocycles. The number of imide groups is 1. The molecule has 0 rings (SSSR count). The Balaban J connectivity index is 3.93. The molecule has 0 unspecified atom stereocenters. The van der Waals surface area contributed by atoms with E-state index in [1.807, 2.05) is 5.32 Å². The van der Waals surface area contributed by atoms with Crippen LogP contribution in [-0.4, -0.2) is 23.8 Å². The summed E-state index contributed by atoms with van der Waals surface area (Å²) in [7, 11) is 0. The smallest absolute Gasteiger partial charge is 0.243 e. The van der Waals surface area contributed by atoms with E-state index in [4.69, 9.17) is 11.5 Å². The predicted octanol–water partition coefficient (Wildman–Crippen LogP) is -2.15. The van der Waals surface area contributed by atoms with Gasteiger partial charge in [-0.2, -0.15) is 0 Å². The zero-order valence-electron chi connectivity index (χ0n) is 6.66. The van der Waals surface area contributed by atoms with Crippen LogP contribution in [0.4, 0.5) is 0 Å². The summed E-state index contributed by atoms with van der Waals surface area (Å²) in [6.07, 6.45) is -0.265. The zero-order chi connectivity index (χ0) is 9.72. The van der Waals surface area contributed by atoms with Crippen molar-refractivity contribution in [1.29, 1.82) is 0 Å². The van der Waals surface area contributed by atoms with Gasteiger partial charge in [0.1, 0.15) is 0 Å². The number of carbonyl (C=O) groups is 3. The molecular formula is C6H11N3O3. The number of nitrogens with one attached hydrogen (secondary N) is 1. The third-order valence-corrected chi connectivity index (χ3v) is 1.06. The van der Waals surface area contributed by atoms with Crippen molar-refractivity contribution < 1.29 is 14.4 Å². The molecular weight excluding hydrogens is 162 g/mol. The minimum atomic E-state index is -1.05. The minimum Gasteiger partial charge on any atom is -0.370 e. The summed E-state index contributed by atoms with van der Waals surface area (Å²) in [5.74, 6) is -1.89. The molecule has 12 heavy (non-hydrogen) atoms. The largest absolute Gasteiger partial charge is 0.370 e. The monoisotopic (exact) mass is 173 g/mol. The first kappa shape index (κ1) is 10.6. The lowest BCUT2D eigenvalue weighted by Gasteiger charge is -2.07. The molecule has 0 heterocycles. The molecule has 0 aromatic rings. The Morgan fingerprint density at radius 3 is 2.25 bits per heavy atom. The van der Waals surface area contributed by atoms with E-state index in [1.165, 1.54) is 6.92 Å². The van der Waals surface area contributed by atoms with Crippen molar-refractivity contribution in [3.8, 4) is 0 Å². The molecule has 6 nitrogen and oxygen atoms in total. The van der Waals surface area contributed by atoms with E-state index in [2.05, 4.69) is 0 Å². The summed E-state index contributed by atoms with van der Waals surface area (Å²) in [5, 5.41) is 1.94. The Morgan fingerprint density at radius 2 is 1.92 bits per heavy atom. The maximum Gasteiger partial charge on any atom is 0.243 e. The van der Waals surface area contributed by atoms with Crippen molar-refractivity contribution in [2.75, 3.05) is 0 Å². The highest BCUT2D eigenvalue weighted by atomic mass is 16.2. The van der Waals surface area contributed by atoms with Gasteiger partial charge in [0.15, 0.2) is 0 Å². The van der Waals surface area contributed by atoms with E-state index in [-0.39, 0.29) is 6.42 Å². The molecule has 0 fully saturated rings.